The van der Waals surface area contributed by atoms with Crippen LogP contribution >= 0.6 is 11.6 Å². The standard InChI is InChI=1S/C16H23ClFN/c1-11(2)12-5-3-6-13(10-9-12)19-16-14(17)7-4-8-15(16)18/h4,7-8,11-13,19H,3,5-6,9-10H2,1-2H3. The Morgan fingerprint density at radius 2 is 2.00 bits per heavy atom. The zero-order chi connectivity index (χ0) is 13.8. The van der Waals surface area contributed by atoms with E-state index < -0.39 is 0 Å². The lowest BCUT2D eigenvalue weighted by molar-refractivity contribution is 0.341. The third kappa shape index (κ3) is 3.85. The Morgan fingerprint density at radius 1 is 1.21 bits per heavy atom. The molecule has 1 aliphatic carbocycles. The average molecular weight is 284 g/mol. The van der Waals surface area contributed by atoms with E-state index in [2.05, 4.69) is 19.2 Å². The maximum atomic E-state index is 13.8. The molecule has 2 unspecified atom stereocenters. The van der Waals surface area contributed by atoms with E-state index in [0.29, 0.717) is 16.8 Å². The van der Waals surface area contributed by atoms with Gasteiger partial charge in [-0.2, -0.15) is 0 Å². The molecule has 0 spiro atoms. The molecule has 1 aromatic carbocycles. The van der Waals surface area contributed by atoms with Gasteiger partial charge in [0.15, 0.2) is 0 Å². The highest BCUT2D eigenvalue weighted by Crippen LogP contribution is 2.32. The summed E-state index contributed by atoms with van der Waals surface area (Å²) in [7, 11) is 0. The van der Waals surface area contributed by atoms with Crippen molar-refractivity contribution < 1.29 is 4.39 Å². The van der Waals surface area contributed by atoms with Crippen molar-refractivity contribution >= 4 is 17.3 Å². The van der Waals surface area contributed by atoms with Crippen molar-refractivity contribution in [3.63, 3.8) is 0 Å². The van der Waals surface area contributed by atoms with Gasteiger partial charge in [-0.3, -0.25) is 0 Å². The van der Waals surface area contributed by atoms with Crippen molar-refractivity contribution in [2.75, 3.05) is 5.32 Å². The Hall–Kier alpha value is -0.760. The lowest BCUT2D eigenvalue weighted by Gasteiger charge is -2.20. The number of rotatable bonds is 3. The van der Waals surface area contributed by atoms with Gasteiger partial charge in [0.2, 0.25) is 0 Å². The molecule has 106 valence electrons. The molecular weight excluding hydrogens is 261 g/mol. The third-order valence-corrected chi connectivity index (χ3v) is 4.58. The quantitative estimate of drug-likeness (QED) is 0.723. The minimum atomic E-state index is -0.253. The van der Waals surface area contributed by atoms with Gasteiger partial charge < -0.3 is 5.32 Å². The maximum absolute atomic E-state index is 13.8. The molecule has 3 heteroatoms. The summed E-state index contributed by atoms with van der Waals surface area (Å²) in [5.74, 6) is 1.30. The van der Waals surface area contributed by atoms with E-state index >= 15 is 0 Å². The first-order valence-corrected chi connectivity index (χ1v) is 7.66. The molecule has 1 N–H and O–H groups in total. The topological polar surface area (TPSA) is 12.0 Å². The van der Waals surface area contributed by atoms with Crippen LogP contribution in [0.25, 0.3) is 0 Å². The summed E-state index contributed by atoms with van der Waals surface area (Å²) in [6.07, 6.45) is 5.94. The number of anilines is 1. The highest BCUT2D eigenvalue weighted by Gasteiger charge is 2.22. The van der Waals surface area contributed by atoms with Gasteiger partial charge in [0.25, 0.3) is 0 Å². The average Bonchev–Trinajstić information content (AvgIpc) is 2.59. The smallest absolute Gasteiger partial charge is 0.147 e. The number of benzene rings is 1. The summed E-state index contributed by atoms with van der Waals surface area (Å²) in [6.45, 7) is 4.60. The molecule has 1 saturated carbocycles. The molecule has 2 atom stereocenters. The summed E-state index contributed by atoms with van der Waals surface area (Å²) in [5, 5.41) is 3.79. The van der Waals surface area contributed by atoms with Crippen molar-refractivity contribution in [2.24, 2.45) is 11.8 Å². The van der Waals surface area contributed by atoms with Crippen LogP contribution in [0.15, 0.2) is 18.2 Å². The molecule has 1 aliphatic rings. The first-order chi connectivity index (χ1) is 9.08. The summed E-state index contributed by atoms with van der Waals surface area (Å²) in [4.78, 5) is 0. The molecule has 0 aromatic heterocycles. The first-order valence-electron chi connectivity index (χ1n) is 7.28. The fourth-order valence-electron chi connectivity index (χ4n) is 2.98. The van der Waals surface area contributed by atoms with E-state index in [0.717, 1.165) is 24.7 Å². The van der Waals surface area contributed by atoms with E-state index in [1.807, 2.05) is 0 Å². The van der Waals surface area contributed by atoms with Crippen LogP contribution in [0.5, 0.6) is 0 Å². The molecule has 2 rings (SSSR count). The van der Waals surface area contributed by atoms with Gasteiger partial charge in [-0.15, -0.1) is 0 Å². The summed E-state index contributed by atoms with van der Waals surface area (Å²) in [6, 6.07) is 5.19. The van der Waals surface area contributed by atoms with Gasteiger partial charge in [0, 0.05) is 6.04 Å². The second-order valence-corrected chi connectivity index (χ2v) is 6.36. The Labute approximate surface area is 120 Å². The summed E-state index contributed by atoms with van der Waals surface area (Å²) < 4.78 is 13.8. The van der Waals surface area contributed by atoms with E-state index in [9.17, 15) is 4.39 Å². The molecule has 1 fully saturated rings. The molecule has 0 bridgehead atoms. The second kappa shape index (κ2) is 6.60. The molecule has 1 aromatic rings. The number of para-hydroxylation sites is 1. The molecule has 0 saturated heterocycles. The van der Waals surface area contributed by atoms with Crippen LogP contribution in [0, 0.1) is 17.7 Å². The maximum Gasteiger partial charge on any atom is 0.147 e. The van der Waals surface area contributed by atoms with Crippen LogP contribution in [0.2, 0.25) is 5.02 Å². The SMILES string of the molecule is CC(C)C1CCCC(Nc2c(F)cccc2Cl)CC1. The zero-order valence-electron chi connectivity index (χ0n) is 11.8. The van der Waals surface area contributed by atoms with Crippen molar-refractivity contribution in [3.8, 4) is 0 Å². The lowest BCUT2D eigenvalue weighted by atomic mass is 9.89. The van der Waals surface area contributed by atoms with Crippen molar-refractivity contribution in [1.82, 2.24) is 0 Å². The fraction of sp³-hybridized carbons (Fsp3) is 0.625. The molecule has 19 heavy (non-hydrogen) atoms. The molecule has 0 radical (unpaired) electrons. The minimum Gasteiger partial charge on any atom is -0.379 e. The monoisotopic (exact) mass is 283 g/mol. The molecule has 0 heterocycles. The fourth-order valence-corrected chi connectivity index (χ4v) is 3.20. The predicted molar refractivity (Wildman–Crippen MR) is 80.2 cm³/mol. The van der Waals surface area contributed by atoms with Crippen molar-refractivity contribution in [2.45, 2.75) is 52.0 Å². The van der Waals surface area contributed by atoms with Crippen LogP contribution in [0.1, 0.15) is 46.0 Å². The normalized spacial score (nSPS) is 24.3. The Morgan fingerprint density at radius 3 is 2.68 bits per heavy atom. The minimum absolute atomic E-state index is 0.253. The number of hydrogen-bond acceptors (Lipinski definition) is 1. The van der Waals surface area contributed by atoms with Gasteiger partial charge in [0.1, 0.15) is 5.82 Å². The van der Waals surface area contributed by atoms with Gasteiger partial charge in [-0.1, -0.05) is 44.4 Å². The molecular formula is C16H23ClFN. The van der Waals surface area contributed by atoms with Crippen LogP contribution in [0.4, 0.5) is 10.1 Å². The summed E-state index contributed by atoms with van der Waals surface area (Å²) >= 11 is 6.07. The van der Waals surface area contributed by atoms with Crippen LogP contribution in [0.3, 0.4) is 0 Å². The van der Waals surface area contributed by atoms with Crippen LogP contribution < -0.4 is 5.32 Å². The largest absolute Gasteiger partial charge is 0.379 e. The Bertz CT molecular complexity index is 399. The van der Waals surface area contributed by atoms with Crippen LogP contribution in [-0.2, 0) is 0 Å². The van der Waals surface area contributed by atoms with E-state index in [-0.39, 0.29) is 5.82 Å². The van der Waals surface area contributed by atoms with Crippen LogP contribution in [-0.4, -0.2) is 6.04 Å². The predicted octanol–water partition coefficient (Wildman–Crippen LogP) is 5.50. The molecule has 1 nitrogen and oxygen atoms in total. The Kier molecular flexibility index (Phi) is 5.09. The van der Waals surface area contributed by atoms with Gasteiger partial charge in [-0.25, -0.2) is 4.39 Å². The summed E-state index contributed by atoms with van der Waals surface area (Å²) in [5.41, 5.74) is 0.470. The number of halogens is 2. The third-order valence-electron chi connectivity index (χ3n) is 4.27. The lowest BCUT2D eigenvalue weighted by Crippen LogP contribution is -2.19. The highest BCUT2D eigenvalue weighted by molar-refractivity contribution is 6.33. The second-order valence-electron chi connectivity index (χ2n) is 5.95. The van der Waals surface area contributed by atoms with Crippen molar-refractivity contribution in [3.05, 3.63) is 29.0 Å². The number of nitrogens with one attached hydrogen (secondary N) is 1. The molecule has 0 aliphatic heterocycles. The zero-order valence-corrected chi connectivity index (χ0v) is 12.5. The Balaban J connectivity index is 2.00. The first kappa shape index (κ1) is 14.6. The van der Waals surface area contributed by atoms with Crippen molar-refractivity contribution in [1.29, 1.82) is 0 Å². The van der Waals surface area contributed by atoms with Gasteiger partial charge in [0.05, 0.1) is 10.7 Å². The number of hydrogen-bond donors (Lipinski definition) is 1. The molecule has 0 amide bonds. The van der Waals surface area contributed by atoms with E-state index in [4.69, 9.17) is 11.6 Å². The van der Waals surface area contributed by atoms with E-state index in [1.165, 1.54) is 25.3 Å². The van der Waals surface area contributed by atoms with Gasteiger partial charge in [-0.05, 0) is 43.2 Å². The highest BCUT2D eigenvalue weighted by atomic mass is 35.5. The van der Waals surface area contributed by atoms with Gasteiger partial charge >= 0.3 is 0 Å². The van der Waals surface area contributed by atoms with E-state index in [1.54, 1.807) is 12.1 Å².